The number of ether oxygens (including phenoxy) is 1. The van der Waals surface area contributed by atoms with E-state index in [2.05, 4.69) is 4.98 Å². The maximum Gasteiger partial charge on any atom is 0.130 e. The van der Waals surface area contributed by atoms with Crippen molar-refractivity contribution in [2.24, 2.45) is 17.8 Å². The summed E-state index contributed by atoms with van der Waals surface area (Å²) in [7, 11) is 0. The molecule has 29 heavy (non-hydrogen) atoms. The Labute approximate surface area is 174 Å². The van der Waals surface area contributed by atoms with Gasteiger partial charge < -0.3 is 14.9 Å². The average molecular weight is 418 g/mol. The average Bonchev–Trinajstić information content (AvgIpc) is 3.44. The fourth-order valence-electron chi connectivity index (χ4n) is 5.83. The number of rotatable bonds is 5. The Morgan fingerprint density at radius 2 is 2.10 bits per heavy atom. The lowest BCUT2D eigenvalue weighted by Crippen LogP contribution is -2.29. The largest absolute Gasteiger partial charge is 0.493 e. The Morgan fingerprint density at radius 1 is 1.21 bits per heavy atom. The van der Waals surface area contributed by atoms with Crippen molar-refractivity contribution >= 4 is 11.3 Å². The molecular weight excluding hydrogens is 389 g/mol. The molecule has 1 aromatic carbocycles. The highest BCUT2D eigenvalue weighted by Crippen LogP contribution is 2.50. The molecule has 1 aromatic heterocycles. The molecule has 5 atom stereocenters. The third kappa shape index (κ3) is 3.71. The van der Waals surface area contributed by atoms with Gasteiger partial charge in [0.05, 0.1) is 30.0 Å². The van der Waals surface area contributed by atoms with Crippen LogP contribution in [0.3, 0.4) is 0 Å². The monoisotopic (exact) mass is 417 g/mol. The molecular formula is C23H28FNO3S. The Balaban J connectivity index is 1.23. The first-order chi connectivity index (χ1) is 14.1. The quantitative estimate of drug-likeness (QED) is 0.765. The van der Waals surface area contributed by atoms with Crippen molar-refractivity contribution in [2.75, 3.05) is 6.61 Å². The Morgan fingerprint density at radius 3 is 2.93 bits per heavy atom. The van der Waals surface area contributed by atoms with Crippen LogP contribution in [0.4, 0.5) is 4.39 Å². The van der Waals surface area contributed by atoms with Gasteiger partial charge in [-0.3, -0.25) is 0 Å². The van der Waals surface area contributed by atoms with Crippen molar-refractivity contribution in [3.8, 4) is 5.75 Å². The van der Waals surface area contributed by atoms with Crippen LogP contribution in [0.2, 0.25) is 0 Å². The van der Waals surface area contributed by atoms with Crippen LogP contribution in [0.25, 0.3) is 0 Å². The fourth-order valence-corrected chi connectivity index (χ4v) is 6.80. The third-order valence-electron chi connectivity index (χ3n) is 7.29. The van der Waals surface area contributed by atoms with E-state index in [1.807, 2.05) is 11.4 Å². The number of aryl methyl sites for hydroxylation is 1. The summed E-state index contributed by atoms with van der Waals surface area (Å²) in [6.45, 7) is 0.452. The van der Waals surface area contributed by atoms with Gasteiger partial charge in [-0.2, -0.15) is 0 Å². The zero-order valence-corrected chi connectivity index (χ0v) is 17.3. The molecule has 0 spiro atoms. The van der Waals surface area contributed by atoms with Gasteiger partial charge in [-0.1, -0.05) is 0 Å². The second-order valence-electron chi connectivity index (χ2n) is 8.94. The standard InChI is InChI=1S/C23H28FNO3S/c24-21-9-17(7-13-2-1-3-19(13)21)28-11-20-18-5-4-14(6-15(18)8-22(20)27)23-25-16(10-26)12-29-23/h7,9,12,14-15,18,20,22,26-27H,1-6,8,10-11H2/t14-,15-,18-,20+,22-/m0/s1. The molecule has 1 heterocycles. The number of benzene rings is 1. The highest BCUT2D eigenvalue weighted by atomic mass is 32.1. The molecule has 0 amide bonds. The van der Waals surface area contributed by atoms with Gasteiger partial charge in [0, 0.05) is 23.3 Å². The summed E-state index contributed by atoms with van der Waals surface area (Å²) in [5.41, 5.74) is 2.69. The molecule has 3 aliphatic rings. The van der Waals surface area contributed by atoms with Gasteiger partial charge in [-0.05, 0) is 74.0 Å². The fraction of sp³-hybridized carbons (Fsp3) is 0.609. The molecule has 2 N–H and O–H groups in total. The molecule has 0 aliphatic heterocycles. The molecule has 6 heteroatoms. The lowest BCUT2D eigenvalue weighted by atomic mass is 9.73. The summed E-state index contributed by atoms with van der Waals surface area (Å²) in [4.78, 5) is 4.56. The predicted molar refractivity (Wildman–Crippen MR) is 110 cm³/mol. The van der Waals surface area contributed by atoms with Gasteiger partial charge in [-0.15, -0.1) is 11.3 Å². The highest BCUT2D eigenvalue weighted by molar-refractivity contribution is 7.09. The van der Waals surface area contributed by atoms with E-state index in [1.165, 1.54) is 6.07 Å². The maximum absolute atomic E-state index is 14.3. The van der Waals surface area contributed by atoms with Crippen LogP contribution in [0.1, 0.15) is 59.9 Å². The first-order valence-corrected chi connectivity index (χ1v) is 11.7. The Hall–Kier alpha value is -1.50. The number of halogens is 1. The summed E-state index contributed by atoms with van der Waals surface area (Å²) in [5.74, 6) is 1.94. The lowest BCUT2D eigenvalue weighted by molar-refractivity contribution is 0.0739. The molecule has 2 saturated carbocycles. The Bertz CT molecular complexity index is 885. The number of thiazole rings is 1. The smallest absolute Gasteiger partial charge is 0.130 e. The highest BCUT2D eigenvalue weighted by Gasteiger charge is 2.46. The van der Waals surface area contributed by atoms with E-state index < -0.39 is 0 Å². The molecule has 2 aromatic rings. The Kier molecular flexibility index (Phi) is 5.35. The zero-order valence-electron chi connectivity index (χ0n) is 16.5. The van der Waals surface area contributed by atoms with Crippen molar-refractivity contribution < 1.29 is 19.3 Å². The van der Waals surface area contributed by atoms with Crippen molar-refractivity contribution in [3.63, 3.8) is 0 Å². The molecule has 0 bridgehead atoms. The first kappa shape index (κ1) is 19.5. The summed E-state index contributed by atoms with van der Waals surface area (Å²) in [6.07, 6.45) is 6.40. The van der Waals surface area contributed by atoms with Crippen molar-refractivity contribution in [1.82, 2.24) is 4.98 Å². The number of hydrogen-bond acceptors (Lipinski definition) is 5. The van der Waals surface area contributed by atoms with Crippen molar-refractivity contribution in [2.45, 2.75) is 63.6 Å². The van der Waals surface area contributed by atoms with Crippen LogP contribution in [-0.4, -0.2) is 27.9 Å². The van der Waals surface area contributed by atoms with Crippen molar-refractivity contribution in [3.05, 3.63) is 45.2 Å². The van der Waals surface area contributed by atoms with Crippen LogP contribution in [-0.2, 0) is 19.4 Å². The van der Waals surface area contributed by atoms with E-state index in [-0.39, 0.29) is 24.4 Å². The minimum absolute atomic E-state index is 0.00329. The van der Waals surface area contributed by atoms with Crippen LogP contribution < -0.4 is 4.74 Å². The third-order valence-corrected chi connectivity index (χ3v) is 8.34. The molecule has 5 rings (SSSR count). The van der Waals surface area contributed by atoms with Crippen LogP contribution in [0.15, 0.2) is 17.5 Å². The zero-order chi connectivity index (χ0) is 20.0. The van der Waals surface area contributed by atoms with E-state index in [0.717, 1.165) is 66.8 Å². The molecule has 0 radical (unpaired) electrons. The number of fused-ring (bicyclic) bond motifs is 2. The number of hydrogen-bond donors (Lipinski definition) is 2. The number of aliphatic hydroxyl groups is 2. The summed E-state index contributed by atoms with van der Waals surface area (Å²) in [6, 6.07) is 3.50. The topological polar surface area (TPSA) is 62.6 Å². The van der Waals surface area contributed by atoms with Gasteiger partial charge in [0.25, 0.3) is 0 Å². The summed E-state index contributed by atoms with van der Waals surface area (Å²) < 4.78 is 20.3. The molecule has 2 fully saturated rings. The maximum atomic E-state index is 14.3. The lowest BCUT2D eigenvalue weighted by Gasteiger charge is -2.33. The van der Waals surface area contributed by atoms with Crippen molar-refractivity contribution in [1.29, 1.82) is 0 Å². The number of nitrogens with zero attached hydrogens (tertiary/aromatic N) is 1. The SMILES string of the molecule is OCc1csc([C@H]2CC[C@H]3[C@@H](C2)C[C@H](O)[C@@H]3COc2cc(F)c3c(c2)CCC3)n1. The van der Waals surface area contributed by atoms with Crippen LogP contribution in [0, 0.1) is 23.6 Å². The second-order valence-corrected chi connectivity index (χ2v) is 9.83. The summed E-state index contributed by atoms with van der Waals surface area (Å²) in [5, 5.41) is 23.0. The number of aromatic nitrogens is 1. The molecule has 0 saturated heterocycles. The molecule has 4 nitrogen and oxygen atoms in total. The van der Waals surface area contributed by atoms with E-state index >= 15 is 0 Å². The molecule has 0 unspecified atom stereocenters. The minimum Gasteiger partial charge on any atom is -0.493 e. The van der Waals surface area contributed by atoms with E-state index in [9.17, 15) is 14.6 Å². The normalized spacial score (nSPS) is 30.9. The summed E-state index contributed by atoms with van der Waals surface area (Å²) >= 11 is 1.64. The van der Waals surface area contributed by atoms with Crippen LogP contribution >= 0.6 is 11.3 Å². The minimum atomic E-state index is -0.354. The van der Waals surface area contributed by atoms with Gasteiger partial charge >= 0.3 is 0 Å². The van der Waals surface area contributed by atoms with E-state index in [1.54, 1.807) is 11.3 Å². The van der Waals surface area contributed by atoms with Crippen LogP contribution in [0.5, 0.6) is 5.75 Å². The van der Waals surface area contributed by atoms with Gasteiger partial charge in [0.2, 0.25) is 0 Å². The van der Waals surface area contributed by atoms with E-state index in [0.29, 0.717) is 30.1 Å². The second kappa shape index (κ2) is 7.97. The predicted octanol–water partition coefficient (Wildman–Crippen LogP) is 4.22. The van der Waals surface area contributed by atoms with Gasteiger partial charge in [0.15, 0.2) is 0 Å². The number of aliphatic hydroxyl groups excluding tert-OH is 2. The van der Waals surface area contributed by atoms with Gasteiger partial charge in [-0.25, -0.2) is 9.37 Å². The van der Waals surface area contributed by atoms with Gasteiger partial charge in [0.1, 0.15) is 11.6 Å². The molecule has 3 aliphatic carbocycles. The first-order valence-electron chi connectivity index (χ1n) is 10.8. The molecule has 156 valence electrons. The van der Waals surface area contributed by atoms with E-state index in [4.69, 9.17) is 4.74 Å².